The predicted octanol–water partition coefficient (Wildman–Crippen LogP) is 1.33. The number of carbonyl (C=O) groups excluding carboxylic acids is 1. The molecule has 4 nitrogen and oxygen atoms in total. The fourth-order valence-electron chi connectivity index (χ4n) is 2.38. The van der Waals surface area contributed by atoms with Gasteiger partial charge in [0.05, 0.1) is 6.54 Å². The molecular weight excluding hydrogens is 238 g/mol. The van der Waals surface area contributed by atoms with Gasteiger partial charge >= 0.3 is 0 Å². The molecule has 1 aliphatic heterocycles. The van der Waals surface area contributed by atoms with Gasteiger partial charge < -0.3 is 10.2 Å². The van der Waals surface area contributed by atoms with Crippen molar-refractivity contribution in [1.82, 2.24) is 10.2 Å². The molecule has 0 radical (unpaired) electrons. The van der Waals surface area contributed by atoms with Gasteiger partial charge in [-0.25, -0.2) is 0 Å². The van der Waals surface area contributed by atoms with Crippen molar-refractivity contribution in [1.29, 1.82) is 0 Å². The highest BCUT2D eigenvalue weighted by atomic mass is 16.2. The molecule has 1 fully saturated rings. The molecular formula is C15H23N3O. The van der Waals surface area contributed by atoms with Crippen molar-refractivity contribution in [2.45, 2.75) is 19.4 Å². The van der Waals surface area contributed by atoms with Crippen LogP contribution in [0.3, 0.4) is 0 Å². The number of likely N-dealkylation sites (N-methyl/N-ethyl adjacent to an activating group) is 1. The summed E-state index contributed by atoms with van der Waals surface area (Å²) in [6.07, 6.45) is 0. The lowest BCUT2D eigenvalue weighted by Crippen LogP contribution is -2.60. The number of piperazine rings is 1. The second kappa shape index (κ2) is 5.72. The standard InChI is InChI=1S/C15H23N3O/c1-15(2)12-16-9-10-18(15)11-14(19)17(3)13-7-5-4-6-8-13/h4-8,16H,9-12H2,1-3H3. The van der Waals surface area contributed by atoms with Crippen molar-refractivity contribution in [3.63, 3.8) is 0 Å². The molecule has 0 spiro atoms. The molecule has 1 aromatic rings. The van der Waals surface area contributed by atoms with Gasteiger partial charge in [-0.15, -0.1) is 0 Å². The second-order valence-electron chi connectivity index (χ2n) is 5.70. The Bertz CT molecular complexity index is 430. The third-order valence-electron chi connectivity index (χ3n) is 3.82. The van der Waals surface area contributed by atoms with Crippen molar-refractivity contribution in [2.75, 3.05) is 38.1 Å². The van der Waals surface area contributed by atoms with E-state index in [1.807, 2.05) is 37.4 Å². The Morgan fingerprint density at radius 2 is 2.05 bits per heavy atom. The van der Waals surface area contributed by atoms with Crippen LogP contribution in [-0.2, 0) is 4.79 Å². The maximum atomic E-state index is 12.4. The van der Waals surface area contributed by atoms with Crippen molar-refractivity contribution in [3.05, 3.63) is 30.3 Å². The van der Waals surface area contributed by atoms with Gasteiger partial charge in [-0.05, 0) is 26.0 Å². The summed E-state index contributed by atoms with van der Waals surface area (Å²) >= 11 is 0. The fourth-order valence-corrected chi connectivity index (χ4v) is 2.38. The van der Waals surface area contributed by atoms with E-state index in [1.54, 1.807) is 4.90 Å². The average Bonchev–Trinajstić information content (AvgIpc) is 2.41. The number of nitrogens with one attached hydrogen (secondary N) is 1. The predicted molar refractivity (Wildman–Crippen MR) is 78.4 cm³/mol. The minimum Gasteiger partial charge on any atom is -0.314 e. The molecule has 1 aromatic carbocycles. The Morgan fingerprint density at radius 3 is 2.68 bits per heavy atom. The van der Waals surface area contributed by atoms with E-state index < -0.39 is 0 Å². The molecule has 104 valence electrons. The van der Waals surface area contributed by atoms with Crippen molar-refractivity contribution >= 4 is 11.6 Å². The van der Waals surface area contributed by atoms with E-state index in [9.17, 15) is 4.79 Å². The molecule has 19 heavy (non-hydrogen) atoms. The van der Waals surface area contributed by atoms with E-state index in [-0.39, 0.29) is 11.4 Å². The SMILES string of the molecule is CN(C(=O)CN1CCNCC1(C)C)c1ccccc1. The van der Waals surface area contributed by atoms with E-state index >= 15 is 0 Å². The van der Waals surface area contributed by atoms with Gasteiger partial charge in [0.15, 0.2) is 0 Å². The Labute approximate surface area is 115 Å². The minimum atomic E-state index is 0.0332. The molecule has 0 aliphatic carbocycles. The first kappa shape index (κ1) is 14.0. The number of hydrogen-bond acceptors (Lipinski definition) is 3. The highest BCUT2D eigenvalue weighted by molar-refractivity contribution is 5.94. The molecule has 1 heterocycles. The van der Waals surface area contributed by atoms with Crippen LogP contribution < -0.4 is 10.2 Å². The molecule has 0 aromatic heterocycles. The summed E-state index contributed by atoms with van der Waals surface area (Å²) in [5.41, 5.74) is 0.978. The molecule has 1 saturated heterocycles. The van der Waals surface area contributed by atoms with Crippen LogP contribution in [0.15, 0.2) is 30.3 Å². The molecule has 1 amide bonds. The Hall–Kier alpha value is -1.39. The first-order valence-corrected chi connectivity index (χ1v) is 6.78. The molecule has 1 N–H and O–H groups in total. The average molecular weight is 261 g/mol. The van der Waals surface area contributed by atoms with Crippen molar-refractivity contribution < 1.29 is 4.79 Å². The zero-order valence-corrected chi connectivity index (χ0v) is 12.0. The van der Waals surface area contributed by atoms with E-state index in [4.69, 9.17) is 0 Å². The van der Waals surface area contributed by atoms with Crippen LogP contribution in [0.2, 0.25) is 0 Å². The first-order valence-electron chi connectivity index (χ1n) is 6.78. The van der Waals surface area contributed by atoms with Gasteiger partial charge in [0.1, 0.15) is 0 Å². The Kier molecular flexibility index (Phi) is 4.22. The number of nitrogens with zero attached hydrogens (tertiary/aromatic N) is 2. The van der Waals surface area contributed by atoms with Gasteiger partial charge in [0.2, 0.25) is 5.91 Å². The van der Waals surface area contributed by atoms with Crippen LogP contribution in [0, 0.1) is 0 Å². The number of para-hydroxylation sites is 1. The van der Waals surface area contributed by atoms with E-state index in [0.717, 1.165) is 25.3 Å². The van der Waals surface area contributed by atoms with Crippen LogP contribution in [-0.4, -0.2) is 49.6 Å². The number of amides is 1. The van der Waals surface area contributed by atoms with E-state index in [2.05, 4.69) is 24.1 Å². The molecule has 0 saturated carbocycles. The van der Waals surface area contributed by atoms with Gasteiger partial charge in [-0.2, -0.15) is 0 Å². The monoisotopic (exact) mass is 261 g/mol. The number of carbonyl (C=O) groups is 1. The summed E-state index contributed by atoms with van der Waals surface area (Å²) in [4.78, 5) is 16.4. The normalized spacial score (nSPS) is 19.1. The zero-order valence-electron chi connectivity index (χ0n) is 12.0. The lowest BCUT2D eigenvalue weighted by molar-refractivity contribution is -0.121. The molecule has 0 bridgehead atoms. The topological polar surface area (TPSA) is 35.6 Å². The zero-order chi connectivity index (χ0) is 13.9. The highest BCUT2D eigenvalue weighted by Crippen LogP contribution is 2.17. The summed E-state index contributed by atoms with van der Waals surface area (Å²) in [5, 5.41) is 3.37. The molecule has 0 unspecified atom stereocenters. The minimum absolute atomic E-state index is 0.0332. The lowest BCUT2D eigenvalue weighted by atomic mass is 10.0. The summed E-state index contributed by atoms with van der Waals surface area (Å²) in [5.74, 6) is 0.140. The maximum absolute atomic E-state index is 12.4. The van der Waals surface area contributed by atoms with Gasteiger partial charge in [0, 0.05) is 37.9 Å². The number of anilines is 1. The van der Waals surface area contributed by atoms with Gasteiger partial charge in [-0.1, -0.05) is 18.2 Å². The number of hydrogen-bond donors (Lipinski definition) is 1. The molecule has 0 atom stereocenters. The molecule has 4 heteroatoms. The van der Waals surface area contributed by atoms with Crippen LogP contribution >= 0.6 is 0 Å². The first-order chi connectivity index (χ1) is 9.00. The Morgan fingerprint density at radius 1 is 1.37 bits per heavy atom. The van der Waals surface area contributed by atoms with Crippen molar-refractivity contribution in [2.24, 2.45) is 0 Å². The van der Waals surface area contributed by atoms with Gasteiger partial charge in [-0.3, -0.25) is 9.69 Å². The van der Waals surface area contributed by atoms with Crippen LogP contribution in [0.4, 0.5) is 5.69 Å². The van der Waals surface area contributed by atoms with Crippen molar-refractivity contribution in [3.8, 4) is 0 Å². The summed E-state index contributed by atoms with van der Waals surface area (Å²) in [6.45, 7) is 7.62. The summed E-state index contributed by atoms with van der Waals surface area (Å²) in [7, 11) is 1.84. The lowest BCUT2D eigenvalue weighted by Gasteiger charge is -2.42. The van der Waals surface area contributed by atoms with Crippen LogP contribution in [0.1, 0.15) is 13.8 Å². The largest absolute Gasteiger partial charge is 0.314 e. The highest BCUT2D eigenvalue weighted by Gasteiger charge is 2.31. The number of benzene rings is 1. The van der Waals surface area contributed by atoms with Crippen LogP contribution in [0.25, 0.3) is 0 Å². The summed E-state index contributed by atoms with van der Waals surface area (Å²) in [6, 6.07) is 9.78. The third kappa shape index (κ3) is 3.33. The van der Waals surface area contributed by atoms with E-state index in [1.165, 1.54) is 0 Å². The Balaban J connectivity index is 2.01. The third-order valence-corrected chi connectivity index (χ3v) is 3.82. The fraction of sp³-hybridized carbons (Fsp3) is 0.533. The molecule has 1 aliphatic rings. The second-order valence-corrected chi connectivity index (χ2v) is 5.70. The maximum Gasteiger partial charge on any atom is 0.240 e. The smallest absolute Gasteiger partial charge is 0.240 e. The van der Waals surface area contributed by atoms with Gasteiger partial charge in [0.25, 0.3) is 0 Å². The molecule has 2 rings (SSSR count). The van der Waals surface area contributed by atoms with E-state index in [0.29, 0.717) is 6.54 Å². The number of rotatable bonds is 3. The summed E-state index contributed by atoms with van der Waals surface area (Å²) < 4.78 is 0. The van der Waals surface area contributed by atoms with Crippen LogP contribution in [0.5, 0.6) is 0 Å². The quantitative estimate of drug-likeness (QED) is 0.891.